The first-order valence-electron chi connectivity index (χ1n) is 6.74. The maximum absolute atomic E-state index is 6.06. The van der Waals surface area contributed by atoms with Gasteiger partial charge in [0.2, 0.25) is 0 Å². The van der Waals surface area contributed by atoms with Gasteiger partial charge in [-0.2, -0.15) is 0 Å². The maximum atomic E-state index is 6.06. The van der Waals surface area contributed by atoms with Gasteiger partial charge >= 0.3 is 0 Å². The van der Waals surface area contributed by atoms with E-state index in [1.807, 2.05) is 25.1 Å². The summed E-state index contributed by atoms with van der Waals surface area (Å²) in [5.74, 6) is 0.766. The molecule has 0 saturated heterocycles. The Balaban J connectivity index is 1.90. The number of anilines is 2. The van der Waals surface area contributed by atoms with E-state index in [0.717, 1.165) is 24.4 Å². The van der Waals surface area contributed by atoms with Gasteiger partial charge in [-0.25, -0.2) is 0 Å². The predicted octanol–water partition coefficient (Wildman–Crippen LogP) is 3.58. The van der Waals surface area contributed by atoms with Crippen molar-refractivity contribution in [3.63, 3.8) is 0 Å². The zero-order valence-corrected chi connectivity index (χ0v) is 11.0. The Hall–Kier alpha value is -1.64. The molecule has 0 radical (unpaired) electrons. The molecule has 0 heterocycles. The van der Waals surface area contributed by atoms with Crippen molar-refractivity contribution < 1.29 is 4.74 Å². The van der Waals surface area contributed by atoms with Gasteiger partial charge in [0.05, 0.1) is 18.0 Å². The van der Waals surface area contributed by atoms with Gasteiger partial charge in [0.1, 0.15) is 5.75 Å². The monoisotopic (exact) mass is 246 g/mol. The van der Waals surface area contributed by atoms with Crippen LogP contribution in [0.15, 0.2) is 29.8 Å². The number of benzene rings is 1. The summed E-state index contributed by atoms with van der Waals surface area (Å²) < 4.78 is 5.48. The van der Waals surface area contributed by atoms with Crippen LogP contribution < -0.4 is 15.8 Å². The van der Waals surface area contributed by atoms with Crippen molar-refractivity contribution in [2.45, 2.75) is 32.6 Å². The summed E-state index contributed by atoms with van der Waals surface area (Å²) in [6, 6.07) is 5.88. The highest BCUT2D eigenvalue weighted by molar-refractivity contribution is 5.72. The zero-order chi connectivity index (χ0) is 12.8. The van der Waals surface area contributed by atoms with Crippen LogP contribution in [0.1, 0.15) is 32.6 Å². The number of rotatable bonds is 6. The second-order valence-corrected chi connectivity index (χ2v) is 4.58. The Bertz CT molecular complexity index is 427. The van der Waals surface area contributed by atoms with Gasteiger partial charge in [0.25, 0.3) is 0 Å². The molecule has 2 rings (SSSR count). The molecule has 3 nitrogen and oxygen atoms in total. The molecule has 1 aliphatic carbocycles. The first kappa shape index (κ1) is 12.8. The molecule has 0 amide bonds. The number of allylic oxidation sites excluding steroid dienone is 1. The molecule has 3 heteroatoms. The average Bonchev–Trinajstić information content (AvgIpc) is 2.87. The SMILES string of the molecule is CCOc1cccc(NCCC2=CCCC2)c1N. The molecular formula is C15H22N2O. The van der Waals surface area contributed by atoms with E-state index in [2.05, 4.69) is 11.4 Å². The van der Waals surface area contributed by atoms with Gasteiger partial charge in [-0.05, 0) is 44.7 Å². The van der Waals surface area contributed by atoms with Gasteiger partial charge in [-0.1, -0.05) is 17.7 Å². The van der Waals surface area contributed by atoms with E-state index in [4.69, 9.17) is 10.5 Å². The topological polar surface area (TPSA) is 47.3 Å². The molecule has 0 fully saturated rings. The molecule has 0 atom stereocenters. The highest BCUT2D eigenvalue weighted by atomic mass is 16.5. The molecule has 0 spiro atoms. The lowest BCUT2D eigenvalue weighted by molar-refractivity contribution is 0.342. The number of ether oxygens (including phenoxy) is 1. The first-order chi connectivity index (χ1) is 8.81. The van der Waals surface area contributed by atoms with Gasteiger partial charge in [0, 0.05) is 6.54 Å². The van der Waals surface area contributed by atoms with E-state index in [1.165, 1.54) is 19.3 Å². The van der Waals surface area contributed by atoms with E-state index in [1.54, 1.807) is 5.57 Å². The van der Waals surface area contributed by atoms with E-state index in [9.17, 15) is 0 Å². The van der Waals surface area contributed by atoms with Crippen LogP contribution >= 0.6 is 0 Å². The summed E-state index contributed by atoms with van der Waals surface area (Å²) in [6.45, 7) is 3.54. The van der Waals surface area contributed by atoms with Crippen molar-refractivity contribution in [1.82, 2.24) is 0 Å². The van der Waals surface area contributed by atoms with E-state index in [-0.39, 0.29) is 0 Å². The Morgan fingerprint density at radius 2 is 2.28 bits per heavy atom. The average molecular weight is 246 g/mol. The Morgan fingerprint density at radius 3 is 3.00 bits per heavy atom. The molecule has 3 N–H and O–H groups in total. The molecule has 0 aliphatic heterocycles. The molecular weight excluding hydrogens is 224 g/mol. The predicted molar refractivity (Wildman–Crippen MR) is 77.1 cm³/mol. The fraction of sp³-hybridized carbons (Fsp3) is 0.467. The molecule has 1 aromatic carbocycles. The summed E-state index contributed by atoms with van der Waals surface area (Å²) in [6.07, 6.45) is 7.30. The lowest BCUT2D eigenvalue weighted by Gasteiger charge is -2.13. The number of para-hydroxylation sites is 1. The minimum Gasteiger partial charge on any atom is -0.492 e. The second-order valence-electron chi connectivity index (χ2n) is 4.58. The van der Waals surface area contributed by atoms with E-state index in [0.29, 0.717) is 12.3 Å². The molecule has 0 bridgehead atoms. The minimum atomic E-state index is 0.639. The first-order valence-corrected chi connectivity index (χ1v) is 6.74. The smallest absolute Gasteiger partial charge is 0.144 e. The standard InChI is InChI=1S/C15H22N2O/c1-2-18-14-9-5-8-13(15(14)16)17-11-10-12-6-3-4-7-12/h5-6,8-9,17H,2-4,7,10-11,16H2,1H3. The van der Waals surface area contributed by atoms with Crippen LogP contribution in [-0.4, -0.2) is 13.2 Å². The third-order valence-corrected chi connectivity index (χ3v) is 3.26. The molecule has 1 aliphatic rings. The molecule has 1 aromatic rings. The third kappa shape index (κ3) is 3.19. The van der Waals surface area contributed by atoms with Crippen LogP contribution in [0.4, 0.5) is 11.4 Å². The fourth-order valence-corrected chi connectivity index (χ4v) is 2.30. The van der Waals surface area contributed by atoms with E-state index >= 15 is 0 Å². The molecule has 18 heavy (non-hydrogen) atoms. The van der Waals surface area contributed by atoms with Crippen molar-refractivity contribution >= 4 is 11.4 Å². The number of nitrogen functional groups attached to an aromatic ring is 1. The summed E-state index contributed by atoms with van der Waals surface area (Å²) in [5.41, 5.74) is 9.31. The lowest BCUT2D eigenvalue weighted by atomic mass is 10.1. The van der Waals surface area contributed by atoms with Crippen LogP contribution in [0.3, 0.4) is 0 Å². The highest BCUT2D eigenvalue weighted by Crippen LogP contribution is 2.29. The van der Waals surface area contributed by atoms with Crippen LogP contribution in [0.2, 0.25) is 0 Å². The molecule has 0 saturated carbocycles. The Kier molecular flexibility index (Phi) is 4.51. The normalized spacial score (nSPS) is 14.4. The van der Waals surface area contributed by atoms with Gasteiger partial charge in [-0.3, -0.25) is 0 Å². The van der Waals surface area contributed by atoms with Crippen LogP contribution in [0.5, 0.6) is 5.75 Å². The highest BCUT2D eigenvalue weighted by Gasteiger charge is 2.07. The van der Waals surface area contributed by atoms with Crippen molar-refractivity contribution in [3.05, 3.63) is 29.8 Å². The second kappa shape index (κ2) is 6.34. The largest absolute Gasteiger partial charge is 0.492 e. The summed E-state index contributed by atoms with van der Waals surface area (Å²) in [7, 11) is 0. The van der Waals surface area contributed by atoms with Crippen LogP contribution in [0.25, 0.3) is 0 Å². The number of nitrogens with one attached hydrogen (secondary N) is 1. The quantitative estimate of drug-likeness (QED) is 0.595. The number of hydrogen-bond donors (Lipinski definition) is 2. The van der Waals surface area contributed by atoms with E-state index < -0.39 is 0 Å². The van der Waals surface area contributed by atoms with Crippen molar-refractivity contribution in [3.8, 4) is 5.75 Å². The van der Waals surface area contributed by atoms with Crippen molar-refractivity contribution in [1.29, 1.82) is 0 Å². The number of hydrogen-bond acceptors (Lipinski definition) is 3. The van der Waals surface area contributed by atoms with Crippen molar-refractivity contribution in [2.75, 3.05) is 24.2 Å². The Labute approximate surface area is 109 Å². The van der Waals surface area contributed by atoms with Gasteiger partial charge < -0.3 is 15.8 Å². The van der Waals surface area contributed by atoms with Gasteiger partial charge in [-0.15, -0.1) is 0 Å². The van der Waals surface area contributed by atoms with Crippen LogP contribution in [-0.2, 0) is 0 Å². The maximum Gasteiger partial charge on any atom is 0.144 e. The third-order valence-electron chi connectivity index (χ3n) is 3.26. The zero-order valence-electron chi connectivity index (χ0n) is 11.0. The van der Waals surface area contributed by atoms with Crippen LogP contribution in [0, 0.1) is 0 Å². The van der Waals surface area contributed by atoms with Gasteiger partial charge in [0.15, 0.2) is 0 Å². The van der Waals surface area contributed by atoms with Crippen molar-refractivity contribution in [2.24, 2.45) is 0 Å². The summed E-state index contributed by atoms with van der Waals surface area (Å²) >= 11 is 0. The molecule has 98 valence electrons. The Morgan fingerprint density at radius 1 is 1.39 bits per heavy atom. The minimum absolute atomic E-state index is 0.639. The lowest BCUT2D eigenvalue weighted by Crippen LogP contribution is -2.06. The summed E-state index contributed by atoms with van der Waals surface area (Å²) in [5, 5.41) is 3.39. The molecule has 0 unspecified atom stereocenters. The summed E-state index contributed by atoms with van der Waals surface area (Å²) in [4.78, 5) is 0. The number of nitrogens with two attached hydrogens (primary N) is 1. The fourth-order valence-electron chi connectivity index (χ4n) is 2.30. The molecule has 0 aromatic heterocycles.